The van der Waals surface area contributed by atoms with Crippen molar-refractivity contribution >= 4 is 17.7 Å². The molecule has 1 aromatic carbocycles. The van der Waals surface area contributed by atoms with E-state index in [0.29, 0.717) is 17.1 Å². The van der Waals surface area contributed by atoms with E-state index < -0.39 is 0 Å². The summed E-state index contributed by atoms with van der Waals surface area (Å²) in [6, 6.07) is 3.40. The summed E-state index contributed by atoms with van der Waals surface area (Å²) in [5, 5.41) is 0. The van der Waals surface area contributed by atoms with Gasteiger partial charge in [-0.2, -0.15) is 0 Å². The number of hydrogen-bond acceptors (Lipinski definition) is 5. The summed E-state index contributed by atoms with van der Waals surface area (Å²) < 4.78 is 15.2. The topological polar surface area (TPSA) is 44.8 Å². The van der Waals surface area contributed by atoms with E-state index in [-0.39, 0.29) is 12.8 Å². The highest BCUT2D eigenvalue weighted by Crippen LogP contribution is 2.42. The van der Waals surface area contributed by atoms with E-state index in [1.807, 2.05) is 6.26 Å². The second-order valence-corrected chi connectivity index (χ2v) is 3.69. The van der Waals surface area contributed by atoms with Gasteiger partial charge in [0.25, 0.3) is 0 Å². The molecule has 0 atom stereocenters. The van der Waals surface area contributed by atoms with Crippen molar-refractivity contribution in [3.63, 3.8) is 0 Å². The smallest absolute Gasteiger partial charge is 0.339 e. The van der Waals surface area contributed by atoms with Crippen LogP contribution in [0.5, 0.6) is 11.5 Å². The van der Waals surface area contributed by atoms with Crippen molar-refractivity contribution in [3.05, 3.63) is 17.7 Å². The molecule has 2 rings (SSSR count). The molecule has 0 saturated carbocycles. The Bertz CT molecular complexity index is 403. The molecule has 0 radical (unpaired) electrons. The van der Waals surface area contributed by atoms with Crippen LogP contribution in [0.3, 0.4) is 0 Å². The number of fused-ring (bicyclic) bond motifs is 1. The van der Waals surface area contributed by atoms with Gasteiger partial charge in [-0.1, -0.05) is 0 Å². The van der Waals surface area contributed by atoms with E-state index in [0.717, 1.165) is 4.90 Å². The van der Waals surface area contributed by atoms with Crippen molar-refractivity contribution in [2.45, 2.75) is 4.90 Å². The Hall–Kier alpha value is -1.36. The van der Waals surface area contributed by atoms with Crippen LogP contribution in [0.2, 0.25) is 0 Å². The number of methoxy groups -OCH3 is 1. The number of thioether (sulfide) groups is 1. The quantitative estimate of drug-likeness (QED) is 0.569. The zero-order valence-corrected chi connectivity index (χ0v) is 9.22. The first kappa shape index (κ1) is 10.2. The molecule has 0 N–H and O–H groups in total. The van der Waals surface area contributed by atoms with E-state index in [9.17, 15) is 4.79 Å². The fourth-order valence-corrected chi connectivity index (χ4v) is 2.14. The average Bonchev–Trinajstić information content (AvgIpc) is 2.74. The second kappa shape index (κ2) is 4.02. The maximum absolute atomic E-state index is 11.5. The van der Waals surface area contributed by atoms with Crippen LogP contribution in [0.1, 0.15) is 10.4 Å². The highest BCUT2D eigenvalue weighted by molar-refractivity contribution is 7.98. The molecule has 0 amide bonds. The summed E-state index contributed by atoms with van der Waals surface area (Å²) in [5.74, 6) is 0.940. The second-order valence-electron chi connectivity index (χ2n) is 2.87. The van der Waals surface area contributed by atoms with E-state index in [4.69, 9.17) is 9.47 Å². The maximum Gasteiger partial charge on any atom is 0.339 e. The van der Waals surface area contributed by atoms with Gasteiger partial charge in [0.1, 0.15) is 0 Å². The fraction of sp³-hybridized carbons (Fsp3) is 0.300. The summed E-state index contributed by atoms with van der Waals surface area (Å²) in [4.78, 5) is 12.2. The third-order valence-electron chi connectivity index (χ3n) is 2.10. The molecule has 0 aromatic heterocycles. The van der Waals surface area contributed by atoms with Crippen molar-refractivity contribution in [1.29, 1.82) is 0 Å². The van der Waals surface area contributed by atoms with Gasteiger partial charge in [-0.3, -0.25) is 0 Å². The van der Waals surface area contributed by atoms with Crippen molar-refractivity contribution in [1.82, 2.24) is 0 Å². The molecule has 80 valence electrons. The molecule has 0 bridgehead atoms. The molecule has 1 heterocycles. The Balaban J connectivity index is 2.52. The standard InChI is InChI=1S/C10H10O4S/c1-12-10(11)6-3-4-7-8(9(6)15-2)14-5-13-7/h3-4H,5H2,1-2H3. The van der Waals surface area contributed by atoms with Gasteiger partial charge < -0.3 is 14.2 Å². The van der Waals surface area contributed by atoms with Crippen LogP contribution < -0.4 is 9.47 Å². The molecule has 0 spiro atoms. The van der Waals surface area contributed by atoms with Gasteiger partial charge in [-0.05, 0) is 18.4 Å². The minimum absolute atomic E-state index is 0.202. The number of rotatable bonds is 2. The van der Waals surface area contributed by atoms with Crippen LogP contribution >= 0.6 is 11.8 Å². The Morgan fingerprint density at radius 2 is 2.27 bits per heavy atom. The van der Waals surface area contributed by atoms with Gasteiger partial charge in [-0.25, -0.2) is 4.79 Å². The third-order valence-corrected chi connectivity index (χ3v) is 2.92. The predicted molar refractivity (Wildman–Crippen MR) is 55.7 cm³/mol. The van der Waals surface area contributed by atoms with Gasteiger partial charge in [-0.15, -0.1) is 11.8 Å². The first-order chi connectivity index (χ1) is 7.27. The Morgan fingerprint density at radius 3 is 2.93 bits per heavy atom. The first-order valence-electron chi connectivity index (χ1n) is 4.33. The molecule has 1 aliphatic heterocycles. The largest absolute Gasteiger partial charge is 0.465 e. The number of benzene rings is 1. The lowest BCUT2D eigenvalue weighted by Gasteiger charge is -2.07. The summed E-state index contributed by atoms with van der Waals surface area (Å²) in [7, 11) is 1.36. The molecule has 1 aromatic rings. The first-order valence-corrected chi connectivity index (χ1v) is 5.55. The highest BCUT2D eigenvalue weighted by atomic mass is 32.2. The van der Waals surface area contributed by atoms with E-state index in [1.165, 1.54) is 18.9 Å². The molecule has 0 aliphatic carbocycles. The van der Waals surface area contributed by atoms with Crippen LogP contribution in [-0.4, -0.2) is 26.1 Å². The van der Waals surface area contributed by atoms with Gasteiger partial charge in [0.2, 0.25) is 6.79 Å². The number of esters is 1. The van der Waals surface area contributed by atoms with Gasteiger partial charge in [0.05, 0.1) is 17.6 Å². The number of hydrogen-bond donors (Lipinski definition) is 0. The molecular weight excluding hydrogens is 216 g/mol. The summed E-state index contributed by atoms with van der Waals surface area (Å²) in [6.07, 6.45) is 1.88. The maximum atomic E-state index is 11.5. The summed E-state index contributed by atoms with van der Waals surface area (Å²) in [5.41, 5.74) is 0.509. The fourth-order valence-electron chi connectivity index (χ4n) is 1.42. The van der Waals surface area contributed by atoms with Crippen LogP contribution in [0.25, 0.3) is 0 Å². The Morgan fingerprint density at radius 1 is 1.47 bits per heavy atom. The summed E-state index contributed by atoms with van der Waals surface area (Å²) in [6.45, 7) is 0.202. The Kier molecular flexibility index (Phi) is 2.73. The minimum Gasteiger partial charge on any atom is -0.465 e. The number of ether oxygens (including phenoxy) is 3. The number of carbonyl (C=O) groups excluding carboxylic acids is 1. The van der Waals surface area contributed by atoms with Crippen molar-refractivity contribution < 1.29 is 19.0 Å². The molecule has 4 nitrogen and oxygen atoms in total. The SMILES string of the molecule is COC(=O)c1ccc2c(c1SC)OCO2. The van der Waals surface area contributed by atoms with Crippen LogP contribution in [0.4, 0.5) is 0 Å². The van der Waals surface area contributed by atoms with Gasteiger partial charge >= 0.3 is 5.97 Å². The predicted octanol–water partition coefficient (Wildman–Crippen LogP) is 1.92. The van der Waals surface area contributed by atoms with E-state index >= 15 is 0 Å². The normalized spacial score (nSPS) is 12.7. The molecular formula is C10H10O4S. The molecule has 0 unspecified atom stereocenters. The molecule has 5 heteroatoms. The summed E-state index contributed by atoms with van der Waals surface area (Å²) >= 11 is 1.44. The highest BCUT2D eigenvalue weighted by Gasteiger charge is 2.23. The lowest BCUT2D eigenvalue weighted by Crippen LogP contribution is -2.03. The average molecular weight is 226 g/mol. The lowest BCUT2D eigenvalue weighted by molar-refractivity contribution is 0.0596. The van der Waals surface area contributed by atoms with Crippen molar-refractivity contribution in [3.8, 4) is 11.5 Å². The number of carbonyl (C=O) groups is 1. The zero-order chi connectivity index (χ0) is 10.8. The molecule has 1 aliphatic rings. The van der Waals surface area contributed by atoms with Gasteiger partial charge in [0, 0.05) is 0 Å². The van der Waals surface area contributed by atoms with Crippen LogP contribution in [0, 0.1) is 0 Å². The van der Waals surface area contributed by atoms with Crippen LogP contribution in [-0.2, 0) is 4.74 Å². The monoisotopic (exact) mass is 226 g/mol. The molecule has 0 fully saturated rings. The zero-order valence-electron chi connectivity index (χ0n) is 8.40. The van der Waals surface area contributed by atoms with Crippen molar-refractivity contribution in [2.24, 2.45) is 0 Å². The molecule has 15 heavy (non-hydrogen) atoms. The van der Waals surface area contributed by atoms with E-state index in [2.05, 4.69) is 4.74 Å². The van der Waals surface area contributed by atoms with Gasteiger partial charge in [0.15, 0.2) is 11.5 Å². The Labute approximate surface area is 91.5 Å². The van der Waals surface area contributed by atoms with Crippen molar-refractivity contribution in [2.75, 3.05) is 20.2 Å². The lowest BCUT2D eigenvalue weighted by atomic mass is 10.2. The molecule has 0 saturated heterocycles. The minimum atomic E-state index is -0.363. The van der Waals surface area contributed by atoms with E-state index in [1.54, 1.807) is 12.1 Å². The third kappa shape index (κ3) is 1.63. The van der Waals surface area contributed by atoms with Crippen LogP contribution in [0.15, 0.2) is 17.0 Å².